The number of hydrogen-bond donors (Lipinski definition) is 1. The van der Waals surface area contributed by atoms with E-state index in [0.717, 1.165) is 26.2 Å². The van der Waals surface area contributed by atoms with Gasteiger partial charge in [-0.15, -0.1) is 0 Å². The molecule has 0 aromatic carbocycles. The van der Waals surface area contributed by atoms with Crippen LogP contribution in [0, 0.1) is 0 Å². The van der Waals surface area contributed by atoms with Gasteiger partial charge < -0.3 is 10.0 Å². The number of hydrogen-bond acceptors (Lipinski definition) is 3. The summed E-state index contributed by atoms with van der Waals surface area (Å²) in [5, 5.41) is 9.28. The van der Waals surface area contributed by atoms with E-state index in [0.29, 0.717) is 6.42 Å². The minimum atomic E-state index is -0.390. The second-order valence-electron chi connectivity index (χ2n) is 3.40. The van der Waals surface area contributed by atoms with Crippen molar-refractivity contribution in [2.75, 3.05) is 26.2 Å². The van der Waals surface area contributed by atoms with Crippen molar-refractivity contribution in [3.63, 3.8) is 0 Å². The number of carbonyl (C=O) groups is 1. The average Bonchev–Trinajstić information content (AvgIpc) is 2.17. The lowest BCUT2D eigenvalue weighted by atomic mass is 10.3. The lowest BCUT2D eigenvalue weighted by Crippen LogP contribution is -2.51. The van der Waals surface area contributed by atoms with E-state index in [1.165, 1.54) is 0 Å². The molecule has 4 heteroatoms. The zero-order valence-electron chi connectivity index (χ0n) is 8.36. The van der Waals surface area contributed by atoms with Crippen LogP contribution in [0.1, 0.15) is 20.3 Å². The molecule has 0 saturated carbocycles. The molecule has 0 aliphatic carbocycles. The van der Waals surface area contributed by atoms with Crippen LogP contribution < -0.4 is 0 Å². The summed E-state index contributed by atoms with van der Waals surface area (Å²) in [4.78, 5) is 15.1. The highest BCUT2D eigenvalue weighted by molar-refractivity contribution is 5.75. The summed E-state index contributed by atoms with van der Waals surface area (Å²) in [6.45, 7) is 6.70. The summed E-state index contributed by atoms with van der Waals surface area (Å²) in [5.74, 6) is 0.213. The molecule has 4 nitrogen and oxygen atoms in total. The van der Waals surface area contributed by atoms with Crippen LogP contribution in [0.4, 0.5) is 0 Å². The van der Waals surface area contributed by atoms with Crippen molar-refractivity contribution in [1.29, 1.82) is 0 Å². The molecule has 1 N–H and O–H groups in total. The van der Waals surface area contributed by atoms with Gasteiger partial charge in [0.25, 0.3) is 0 Å². The molecular weight excluding hydrogens is 168 g/mol. The van der Waals surface area contributed by atoms with Crippen molar-refractivity contribution in [3.8, 4) is 0 Å². The maximum Gasteiger partial charge on any atom is 0.222 e. The number of carbonyl (C=O) groups excluding carboxylic acids is 1. The maximum absolute atomic E-state index is 11.3. The van der Waals surface area contributed by atoms with Gasteiger partial charge >= 0.3 is 0 Å². The summed E-state index contributed by atoms with van der Waals surface area (Å²) in [6.07, 6.45) is 0.188. The first-order valence-corrected chi connectivity index (χ1v) is 4.85. The summed E-state index contributed by atoms with van der Waals surface area (Å²) < 4.78 is 0. The van der Waals surface area contributed by atoms with Crippen molar-refractivity contribution in [3.05, 3.63) is 0 Å². The third-order valence-electron chi connectivity index (χ3n) is 2.50. The van der Waals surface area contributed by atoms with Gasteiger partial charge in [-0.2, -0.15) is 0 Å². The highest BCUT2D eigenvalue weighted by Gasteiger charge is 2.21. The molecule has 1 fully saturated rings. The van der Waals surface area contributed by atoms with Gasteiger partial charge in [-0.05, 0) is 6.92 Å². The first-order valence-electron chi connectivity index (χ1n) is 4.85. The largest absolute Gasteiger partial charge is 0.379 e. The van der Waals surface area contributed by atoms with Gasteiger partial charge in [0, 0.05) is 32.6 Å². The predicted molar refractivity (Wildman–Crippen MR) is 50.1 cm³/mol. The van der Waals surface area contributed by atoms with Crippen LogP contribution in [0.3, 0.4) is 0 Å². The molecular formula is C9H18N2O2. The van der Waals surface area contributed by atoms with Crippen molar-refractivity contribution in [2.45, 2.75) is 26.5 Å². The Morgan fingerprint density at radius 2 is 1.92 bits per heavy atom. The minimum absolute atomic E-state index is 0.213. The molecule has 1 aliphatic rings. The van der Waals surface area contributed by atoms with E-state index in [4.69, 9.17) is 0 Å². The first-order chi connectivity index (χ1) is 6.15. The lowest BCUT2D eigenvalue weighted by molar-refractivity contribution is -0.134. The Kier molecular flexibility index (Phi) is 3.69. The van der Waals surface area contributed by atoms with E-state index in [2.05, 4.69) is 0 Å². The van der Waals surface area contributed by atoms with E-state index in [-0.39, 0.29) is 12.1 Å². The Bertz CT molecular complexity index is 174. The van der Waals surface area contributed by atoms with Crippen LogP contribution in [-0.2, 0) is 4.79 Å². The summed E-state index contributed by atoms with van der Waals surface area (Å²) in [5.41, 5.74) is 0. The van der Waals surface area contributed by atoms with E-state index in [1.54, 1.807) is 6.92 Å². The molecule has 0 spiro atoms. The van der Waals surface area contributed by atoms with Crippen LogP contribution in [0.2, 0.25) is 0 Å². The molecule has 1 unspecified atom stereocenters. The first kappa shape index (κ1) is 10.5. The SMILES string of the molecule is CCC(=O)N1CCN(C(C)O)CC1. The molecule has 1 heterocycles. The van der Waals surface area contributed by atoms with Crippen molar-refractivity contribution < 1.29 is 9.90 Å². The molecule has 13 heavy (non-hydrogen) atoms. The van der Waals surface area contributed by atoms with Crippen LogP contribution >= 0.6 is 0 Å². The molecule has 76 valence electrons. The van der Waals surface area contributed by atoms with Crippen molar-refractivity contribution in [1.82, 2.24) is 9.80 Å². The van der Waals surface area contributed by atoms with Gasteiger partial charge in [0.2, 0.25) is 5.91 Å². The zero-order chi connectivity index (χ0) is 9.84. The lowest BCUT2D eigenvalue weighted by Gasteiger charge is -2.36. The molecule has 0 radical (unpaired) electrons. The van der Waals surface area contributed by atoms with Crippen LogP contribution in [0.5, 0.6) is 0 Å². The summed E-state index contributed by atoms with van der Waals surface area (Å²) in [7, 11) is 0. The number of aliphatic hydroxyl groups excluding tert-OH is 1. The van der Waals surface area contributed by atoms with Crippen molar-refractivity contribution >= 4 is 5.91 Å². The third-order valence-corrected chi connectivity index (χ3v) is 2.50. The summed E-state index contributed by atoms with van der Waals surface area (Å²) >= 11 is 0. The quantitative estimate of drug-likeness (QED) is 0.654. The van der Waals surface area contributed by atoms with Crippen LogP contribution in [0.15, 0.2) is 0 Å². The smallest absolute Gasteiger partial charge is 0.222 e. The van der Waals surface area contributed by atoms with E-state index < -0.39 is 0 Å². The predicted octanol–water partition coefficient (Wildman–Crippen LogP) is -0.121. The highest BCUT2D eigenvalue weighted by atomic mass is 16.3. The fourth-order valence-corrected chi connectivity index (χ4v) is 1.57. The minimum Gasteiger partial charge on any atom is -0.379 e. The second-order valence-corrected chi connectivity index (χ2v) is 3.40. The van der Waals surface area contributed by atoms with Gasteiger partial charge in [-0.3, -0.25) is 9.69 Å². The standard InChI is InChI=1S/C9H18N2O2/c1-3-9(13)11-6-4-10(5-7-11)8(2)12/h8,12H,3-7H2,1-2H3. The summed E-state index contributed by atoms with van der Waals surface area (Å²) in [6, 6.07) is 0. The fraction of sp³-hybridized carbons (Fsp3) is 0.889. The van der Waals surface area contributed by atoms with Gasteiger partial charge in [0.1, 0.15) is 6.23 Å². The molecule has 1 aliphatic heterocycles. The number of piperazine rings is 1. The average molecular weight is 186 g/mol. The van der Waals surface area contributed by atoms with E-state index in [1.807, 2.05) is 16.7 Å². The highest BCUT2D eigenvalue weighted by Crippen LogP contribution is 2.05. The number of aliphatic hydroxyl groups is 1. The zero-order valence-corrected chi connectivity index (χ0v) is 8.36. The monoisotopic (exact) mass is 186 g/mol. The molecule has 0 bridgehead atoms. The normalized spacial score (nSPS) is 21.6. The van der Waals surface area contributed by atoms with Gasteiger partial charge in [-0.25, -0.2) is 0 Å². The van der Waals surface area contributed by atoms with Gasteiger partial charge in [0.05, 0.1) is 0 Å². The Morgan fingerprint density at radius 3 is 2.31 bits per heavy atom. The molecule has 1 saturated heterocycles. The van der Waals surface area contributed by atoms with E-state index in [9.17, 15) is 9.90 Å². The Morgan fingerprint density at radius 1 is 1.38 bits per heavy atom. The number of amides is 1. The third kappa shape index (κ3) is 2.67. The number of rotatable bonds is 2. The molecule has 0 aromatic heterocycles. The van der Waals surface area contributed by atoms with Gasteiger partial charge in [0.15, 0.2) is 0 Å². The van der Waals surface area contributed by atoms with Gasteiger partial charge in [-0.1, -0.05) is 6.92 Å². The fourth-order valence-electron chi connectivity index (χ4n) is 1.57. The van der Waals surface area contributed by atoms with E-state index >= 15 is 0 Å². The molecule has 1 rings (SSSR count). The van der Waals surface area contributed by atoms with Crippen molar-refractivity contribution in [2.24, 2.45) is 0 Å². The Labute approximate surface area is 79.1 Å². The van der Waals surface area contributed by atoms with Crippen LogP contribution in [-0.4, -0.2) is 53.2 Å². The molecule has 0 aromatic rings. The molecule has 1 amide bonds. The molecule has 1 atom stereocenters. The maximum atomic E-state index is 11.3. The van der Waals surface area contributed by atoms with Crippen LogP contribution in [0.25, 0.3) is 0 Å². The Hall–Kier alpha value is -0.610. The number of nitrogens with zero attached hydrogens (tertiary/aromatic N) is 2. The Balaban J connectivity index is 2.34. The second kappa shape index (κ2) is 4.58. The topological polar surface area (TPSA) is 43.8 Å².